The normalized spacial score (nSPS) is 21.5. The first kappa shape index (κ1) is 16.8. The van der Waals surface area contributed by atoms with Crippen LogP contribution in [-0.4, -0.2) is 21.5 Å². The monoisotopic (exact) mass is 367 g/mol. The number of methoxy groups -OCH3 is 1. The summed E-state index contributed by atoms with van der Waals surface area (Å²) in [7, 11) is -3.05. The summed E-state index contributed by atoms with van der Waals surface area (Å²) in [5.41, 5.74) is -0.168. The Kier molecular flexibility index (Phi) is 4.03. The van der Waals surface area contributed by atoms with E-state index in [1.54, 1.807) is 30.3 Å². The van der Waals surface area contributed by atoms with Crippen LogP contribution in [0.2, 0.25) is 5.02 Å². The molecule has 1 heterocycles. The van der Waals surface area contributed by atoms with Crippen LogP contribution in [0.15, 0.2) is 42.5 Å². The summed E-state index contributed by atoms with van der Waals surface area (Å²) >= 11 is 5.94. The van der Waals surface area contributed by atoms with Gasteiger partial charge in [0.25, 0.3) is 0 Å². The highest BCUT2D eigenvalue weighted by atomic mass is 35.5. The number of carbonyl (C=O) groups excluding carboxylic acids is 1. The fourth-order valence-electron chi connectivity index (χ4n) is 2.77. The highest BCUT2D eigenvalue weighted by Crippen LogP contribution is 2.42. The summed E-state index contributed by atoms with van der Waals surface area (Å²) in [5, 5.41) is 0.286. The van der Waals surface area contributed by atoms with Crippen molar-refractivity contribution < 1.29 is 22.1 Å². The molecule has 8 heteroatoms. The van der Waals surface area contributed by atoms with Crippen LogP contribution in [0.1, 0.15) is 16.7 Å². The van der Waals surface area contributed by atoms with Gasteiger partial charge in [0.05, 0.1) is 7.11 Å². The molecule has 1 aliphatic heterocycles. The molecule has 2 aromatic carbocycles. The first-order valence-corrected chi connectivity index (χ1v) is 8.76. The molecule has 0 aromatic heterocycles. The summed E-state index contributed by atoms with van der Waals surface area (Å²) in [6, 6.07) is 11.4. The third-order valence-corrected chi connectivity index (χ3v) is 4.96. The van der Waals surface area contributed by atoms with Crippen molar-refractivity contribution in [3.05, 3.63) is 64.2 Å². The molecule has 0 spiro atoms. The summed E-state index contributed by atoms with van der Waals surface area (Å²) in [4.78, 5) is 12.7. The zero-order valence-electron chi connectivity index (χ0n) is 12.9. The average molecular weight is 368 g/mol. The zero-order valence-corrected chi connectivity index (χ0v) is 14.4. The molecule has 1 aliphatic rings. The Morgan fingerprint density at radius 2 is 2.00 bits per heavy atom. The van der Waals surface area contributed by atoms with Gasteiger partial charge in [-0.15, -0.1) is 0 Å². The fraction of sp³-hybridized carbons (Fsp3) is 0.188. The summed E-state index contributed by atoms with van der Waals surface area (Å²) < 4.78 is 36.7. The molecule has 1 N–H and O–H groups in total. The van der Waals surface area contributed by atoms with E-state index in [9.17, 15) is 13.2 Å². The number of benzene rings is 2. The van der Waals surface area contributed by atoms with Gasteiger partial charge in [-0.2, -0.15) is 13.1 Å². The van der Waals surface area contributed by atoms with Gasteiger partial charge in [0.2, 0.25) is 0 Å². The third kappa shape index (κ3) is 2.64. The number of nitrogens with one attached hydrogen (secondary N) is 1. The summed E-state index contributed by atoms with van der Waals surface area (Å²) in [6.45, 7) is 1.84. The number of esters is 1. The molecule has 0 bridgehead atoms. The standard InChI is InChI=1S/C16H14ClNO5S/c1-10-4-3-5-11(8-10)16(15(19)22-2)13-7-6-12(17)9-14(13)23-24(20,21)18-16/h3-9,18H,1-2H3/t16-/m1/s1. The highest BCUT2D eigenvalue weighted by Gasteiger charge is 2.52. The van der Waals surface area contributed by atoms with Crippen LogP contribution in [0.25, 0.3) is 0 Å². The van der Waals surface area contributed by atoms with E-state index in [-0.39, 0.29) is 10.8 Å². The minimum absolute atomic E-state index is 0.0202. The van der Waals surface area contributed by atoms with Crippen LogP contribution >= 0.6 is 11.6 Å². The van der Waals surface area contributed by atoms with E-state index in [1.807, 2.05) is 13.0 Å². The van der Waals surface area contributed by atoms with E-state index in [0.717, 1.165) is 5.56 Å². The second-order valence-electron chi connectivity index (χ2n) is 5.39. The predicted octanol–water partition coefficient (Wildman–Crippen LogP) is 2.29. The Bertz CT molecular complexity index is 928. The number of carbonyl (C=O) groups is 1. The molecule has 6 nitrogen and oxygen atoms in total. The van der Waals surface area contributed by atoms with Gasteiger partial charge < -0.3 is 8.92 Å². The maximum absolute atomic E-state index is 12.7. The van der Waals surface area contributed by atoms with Crippen LogP contribution in [-0.2, 0) is 25.4 Å². The van der Waals surface area contributed by atoms with Crippen molar-refractivity contribution in [3.63, 3.8) is 0 Å². The van der Waals surface area contributed by atoms with Gasteiger partial charge in [-0.05, 0) is 18.6 Å². The molecule has 24 heavy (non-hydrogen) atoms. The van der Waals surface area contributed by atoms with Crippen molar-refractivity contribution in [1.82, 2.24) is 4.72 Å². The number of hydrogen-bond donors (Lipinski definition) is 1. The molecule has 0 saturated heterocycles. The topological polar surface area (TPSA) is 81.7 Å². The minimum atomic E-state index is -4.25. The van der Waals surface area contributed by atoms with Gasteiger partial charge in [-0.3, -0.25) is 0 Å². The molecular weight excluding hydrogens is 354 g/mol. The lowest BCUT2D eigenvalue weighted by atomic mass is 9.82. The van der Waals surface area contributed by atoms with Crippen LogP contribution in [0.5, 0.6) is 5.75 Å². The Morgan fingerprint density at radius 1 is 1.25 bits per heavy atom. The molecular formula is C16H14ClNO5S. The van der Waals surface area contributed by atoms with Crippen molar-refractivity contribution in [2.75, 3.05) is 7.11 Å². The SMILES string of the molecule is COC(=O)[C@]1(c2cccc(C)c2)NS(=O)(=O)Oc2cc(Cl)ccc21. The third-order valence-electron chi connectivity index (χ3n) is 3.77. The molecule has 0 amide bonds. The molecule has 1 atom stereocenters. The van der Waals surface area contributed by atoms with Gasteiger partial charge in [0, 0.05) is 16.7 Å². The largest absolute Gasteiger partial charge is 0.467 e. The lowest BCUT2D eigenvalue weighted by molar-refractivity contribution is -0.146. The van der Waals surface area contributed by atoms with E-state index in [2.05, 4.69) is 4.72 Å². The molecule has 126 valence electrons. The van der Waals surface area contributed by atoms with Crippen LogP contribution in [0.4, 0.5) is 0 Å². The van der Waals surface area contributed by atoms with E-state index in [4.69, 9.17) is 20.5 Å². The number of hydrogen-bond acceptors (Lipinski definition) is 5. The highest BCUT2D eigenvalue weighted by molar-refractivity contribution is 7.85. The number of rotatable bonds is 2. The van der Waals surface area contributed by atoms with Gasteiger partial charge in [-0.1, -0.05) is 47.5 Å². The molecule has 0 saturated carbocycles. The zero-order chi connectivity index (χ0) is 17.5. The molecule has 2 aromatic rings. The molecule has 0 unspecified atom stereocenters. The fourth-order valence-corrected chi connectivity index (χ4v) is 4.04. The first-order chi connectivity index (χ1) is 11.3. The van der Waals surface area contributed by atoms with Gasteiger partial charge >= 0.3 is 16.3 Å². The van der Waals surface area contributed by atoms with Crippen molar-refractivity contribution in [2.45, 2.75) is 12.5 Å². The predicted molar refractivity (Wildman–Crippen MR) is 88.1 cm³/mol. The van der Waals surface area contributed by atoms with Crippen molar-refractivity contribution >= 4 is 27.9 Å². The number of fused-ring (bicyclic) bond motifs is 1. The van der Waals surface area contributed by atoms with Crippen LogP contribution in [0, 0.1) is 6.92 Å². The summed E-state index contributed by atoms with van der Waals surface area (Å²) in [6.07, 6.45) is 0. The van der Waals surface area contributed by atoms with Gasteiger partial charge in [-0.25, -0.2) is 4.79 Å². The molecule has 0 fully saturated rings. The van der Waals surface area contributed by atoms with Gasteiger partial charge in [0.15, 0.2) is 11.3 Å². The second-order valence-corrected chi connectivity index (χ2v) is 7.11. The van der Waals surface area contributed by atoms with E-state index < -0.39 is 21.8 Å². The Morgan fingerprint density at radius 3 is 2.67 bits per heavy atom. The smallest absolute Gasteiger partial charge is 0.384 e. The van der Waals surface area contributed by atoms with Gasteiger partial charge in [0.1, 0.15) is 0 Å². The maximum atomic E-state index is 12.7. The quantitative estimate of drug-likeness (QED) is 0.823. The lowest BCUT2D eigenvalue weighted by Gasteiger charge is -2.36. The minimum Gasteiger partial charge on any atom is -0.467 e. The van der Waals surface area contributed by atoms with Crippen LogP contribution < -0.4 is 8.91 Å². The first-order valence-electron chi connectivity index (χ1n) is 6.97. The Hall–Kier alpha value is -2.09. The van der Waals surface area contributed by atoms with Crippen molar-refractivity contribution in [2.24, 2.45) is 0 Å². The van der Waals surface area contributed by atoms with E-state index >= 15 is 0 Å². The lowest BCUT2D eigenvalue weighted by Crippen LogP contribution is -2.57. The Labute approximate surface area is 144 Å². The Balaban J connectivity index is 2.39. The summed E-state index contributed by atoms with van der Waals surface area (Å²) in [5.74, 6) is -0.795. The van der Waals surface area contributed by atoms with E-state index in [1.165, 1.54) is 13.2 Å². The average Bonchev–Trinajstić information content (AvgIpc) is 2.51. The van der Waals surface area contributed by atoms with Crippen molar-refractivity contribution in [3.8, 4) is 5.75 Å². The number of ether oxygens (including phenoxy) is 1. The van der Waals surface area contributed by atoms with E-state index in [0.29, 0.717) is 11.1 Å². The van der Waals surface area contributed by atoms with Crippen molar-refractivity contribution in [1.29, 1.82) is 0 Å². The number of aryl methyl sites for hydroxylation is 1. The van der Waals surface area contributed by atoms with Crippen LogP contribution in [0.3, 0.4) is 0 Å². The molecule has 0 radical (unpaired) electrons. The molecule has 0 aliphatic carbocycles. The maximum Gasteiger partial charge on any atom is 0.384 e. The molecule has 3 rings (SSSR count). The second kappa shape index (κ2) is 5.77. The number of halogens is 1.